The standard InChI is InChI=1S/C21H24N2O2/c1-16(18-9-5-7-11-20(18)25-3)22(2)21(24)13-15-23-14-12-17-8-4-6-10-19(17)23/h4-12,14,16H,13,15H2,1-3H3/t16-/m0/s1. The number of aromatic nitrogens is 1. The Morgan fingerprint density at radius 1 is 1.12 bits per heavy atom. The molecule has 0 fully saturated rings. The smallest absolute Gasteiger partial charge is 0.224 e. The number of para-hydroxylation sites is 2. The maximum Gasteiger partial charge on any atom is 0.224 e. The molecule has 130 valence electrons. The zero-order valence-electron chi connectivity index (χ0n) is 15.0. The molecule has 0 saturated carbocycles. The molecule has 2 aromatic carbocycles. The molecule has 1 atom stereocenters. The Morgan fingerprint density at radius 2 is 1.84 bits per heavy atom. The fraction of sp³-hybridized carbons (Fsp3) is 0.286. The van der Waals surface area contributed by atoms with Crippen LogP contribution in [0.2, 0.25) is 0 Å². The lowest BCUT2D eigenvalue weighted by molar-refractivity contribution is -0.132. The van der Waals surface area contributed by atoms with Crippen molar-refractivity contribution in [1.82, 2.24) is 9.47 Å². The van der Waals surface area contributed by atoms with Crippen LogP contribution in [-0.2, 0) is 11.3 Å². The Morgan fingerprint density at radius 3 is 2.64 bits per heavy atom. The van der Waals surface area contributed by atoms with Crippen LogP contribution in [0.1, 0.15) is 24.9 Å². The minimum Gasteiger partial charge on any atom is -0.496 e. The third-order valence-electron chi connectivity index (χ3n) is 4.81. The molecule has 0 radical (unpaired) electrons. The molecule has 1 heterocycles. The highest BCUT2D eigenvalue weighted by Crippen LogP contribution is 2.28. The lowest BCUT2D eigenvalue weighted by Gasteiger charge is -2.26. The number of amides is 1. The summed E-state index contributed by atoms with van der Waals surface area (Å²) < 4.78 is 7.56. The van der Waals surface area contributed by atoms with Gasteiger partial charge in [0.2, 0.25) is 5.91 Å². The van der Waals surface area contributed by atoms with E-state index in [9.17, 15) is 4.79 Å². The molecule has 3 rings (SSSR count). The topological polar surface area (TPSA) is 34.5 Å². The van der Waals surface area contributed by atoms with Gasteiger partial charge >= 0.3 is 0 Å². The number of carbonyl (C=O) groups excluding carboxylic acids is 1. The van der Waals surface area contributed by atoms with E-state index in [1.54, 1.807) is 12.0 Å². The highest BCUT2D eigenvalue weighted by Gasteiger charge is 2.20. The molecule has 1 amide bonds. The van der Waals surface area contributed by atoms with Gasteiger partial charge in [-0.05, 0) is 30.5 Å². The van der Waals surface area contributed by atoms with Crippen molar-refractivity contribution in [3.05, 3.63) is 66.4 Å². The van der Waals surface area contributed by atoms with Crippen LogP contribution in [0.5, 0.6) is 5.75 Å². The highest BCUT2D eigenvalue weighted by molar-refractivity contribution is 5.80. The number of hydrogen-bond donors (Lipinski definition) is 0. The second-order valence-electron chi connectivity index (χ2n) is 6.24. The zero-order chi connectivity index (χ0) is 17.8. The summed E-state index contributed by atoms with van der Waals surface area (Å²) in [5.74, 6) is 0.933. The van der Waals surface area contributed by atoms with Crippen molar-refractivity contribution in [1.29, 1.82) is 0 Å². The Balaban J connectivity index is 1.68. The quantitative estimate of drug-likeness (QED) is 0.674. The van der Waals surface area contributed by atoms with E-state index in [1.807, 2.05) is 56.6 Å². The maximum absolute atomic E-state index is 12.7. The van der Waals surface area contributed by atoms with Gasteiger partial charge in [0.25, 0.3) is 0 Å². The van der Waals surface area contributed by atoms with Crippen LogP contribution in [0.15, 0.2) is 60.8 Å². The molecule has 0 aliphatic rings. The molecule has 0 aliphatic heterocycles. The summed E-state index contributed by atoms with van der Waals surface area (Å²) in [5.41, 5.74) is 2.18. The van der Waals surface area contributed by atoms with Gasteiger partial charge in [-0.2, -0.15) is 0 Å². The van der Waals surface area contributed by atoms with Crippen LogP contribution in [0.3, 0.4) is 0 Å². The first-order valence-electron chi connectivity index (χ1n) is 8.54. The number of fused-ring (bicyclic) bond motifs is 1. The molecular weight excluding hydrogens is 312 g/mol. The number of methoxy groups -OCH3 is 1. The Hall–Kier alpha value is -2.75. The second-order valence-corrected chi connectivity index (χ2v) is 6.24. The Labute approximate surface area is 148 Å². The summed E-state index contributed by atoms with van der Waals surface area (Å²) in [4.78, 5) is 14.5. The Kier molecular flexibility index (Phi) is 5.08. The van der Waals surface area contributed by atoms with Crippen LogP contribution in [0.4, 0.5) is 0 Å². The first kappa shape index (κ1) is 17.1. The van der Waals surface area contributed by atoms with Gasteiger partial charge in [-0.3, -0.25) is 4.79 Å². The number of nitrogens with zero attached hydrogens (tertiary/aromatic N) is 2. The monoisotopic (exact) mass is 336 g/mol. The molecule has 25 heavy (non-hydrogen) atoms. The summed E-state index contributed by atoms with van der Waals surface area (Å²) in [6, 6.07) is 18.1. The molecule has 1 aromatic heterocycles. The normalized spacial score (nSPS) is 12.1. The fourth-order valence-electron chi connectivity index (χ4n) is 3.16. The average molecular weight is 336 g/mol. The first-order chi connectivity index (χ1) is 12.1. The fourth-order valence-corrected chi connectivity index (χ4v) is 3.16. The van der Waals surface area contributed by atoms with Gasteiger partial charge in [0, 0.05) is 37.3 Å². The van der Waals surface area contributed by atoms with Crippen molar-refractivity contribution in [2.75, 3.05) is 14.2 Å². The van der Waals surface area contributed by atoms with Gasteiger partial charge in [-0.1, -0.05) is 36.4 Å². The van der Waals surface area contributed by atoms with Crippen molar-refractivity contribution in [2.24, 2.45) is 0 Å². The molecule has 0 saturated heterocycles. The SMILES string of the molecule is COc1ccccc1[C@H](C)N(C)C(=O)CCn1ccc2ccccc21. The van der Waals surface area contributed by atoms with E-state index >= 15 is 0 Å². The second kappa shape index (κ2) is 7.43. The summed E-state index contributed by atoms with van der Waals surface area (Å²) >= 11 is 0. The molecule has 0 bridgehead atoms. The summed E-state index contributed by atoms with van der Waals surface area (Å²) in [7, 11) is 3.51. The third-order valence-corrected chi connectivity index (χ3v) is 4.81. The molecule has 0 spiro atoms. The van der Waals surface area contributed by atoms with E-state index in [4.69, 9.17) is 4.74 Å². The number of carbonyl (C=O) groups is 1. The number of rotatable bonds is 6. The maximum atomic E-state index is 12.7. The van der Waals surface area contributed by atoms with Gasteiger partial charge < -0.3 is 14.2 Å². The van der Waals surface area contributed by atoms with Crippen molar-refractivity contribution in [2.45, 2.75) is 25.9 Å². The minimum absolute atomic E-state index is 0.0370. The number of ether oxygens (including phenoxy) is 1. The summed E-state index contributed by atoms with van der Waals surface area (Å²) in [6.45, 7) is 2.70. The minimum atomic E-state index is -0.0370. The van der Waals surface area contributed by atoms with Crippen LogP contribution in [0.25, 0.3) is 10.9 Å². The van der Waals surface area contributed by atoms with E-state index < -0.39 is 0 Å². The molecular formula is C21H24N2O2. The molecule has 4 heteroatoms. The summed E-state index contributed by atoms with van der Waals surface area (Å²) in [5, 5.41) is 1.20. The van der Waals surface area contributed by atoms with E-state index in [0.717, 1.165) is 16.8 Å². The van der Waals surface area contributed by atoms with Crippen LogP contribution >= 0.6 is 0 Å². The number of hydrogen-bond acceptors (Lipinski definition) is 2. The molecule has 0 unspecified atom stereocenters. The average Bonchev–Trinajstić information content (AvgIpc) is 3.08. The summed E-state index contributed by atoms with van der Waals surface area (Å²) in [6.07, 6.45) is 2.51. The van der Waals surface area contributed by atoms with Crippen molar-refractivity contribution in [3.63, 3.8) is 0 Å². The predicted molar refractivity (Wildman–Crippen MR) is 101 cm³/mol. The zero-order valence-corrected chi connectivity index (χ0v) is 15.0. The van der Waals surface area contributed by atoms with Crippen molar-refractivity contribution < 1.29 is 9.53 Å². The lowest BCUT2D eigenvalue weighted by Crippen LogP contribution is -2.30. The van der Waals surface area contributed by atoms with Gasteiger partial charge in [0.15, 0.2) is 0 Å². The van der Waals surface area contributed by atoms with E-state index in [0.29, 0.717) is 13.0 Å². The predicted octanol–water partition coefficient (Wildman–Crippen LogP) is 4.26. The molecule has 0 N–H and O–H groups in total. The molecule has 0 aliphatic carbocycles. The number of aryl methyl sites for hydroxylation is 1. The highest BCUT2D eigenvalue weighted by atomic mass is 16.5. The van der Waals surface area contributed by atoms with Gasteiger partial charge in [-0.25, -0.2) is 0 Å². The van der Waals surface area contributed by atoms with Crippen LogP contribution < -0.4 is 4.74 Å². The van der Waals surface area contributed by atoms with Crippen LogP contribution in [0, 0.1) is 0 Å². The lowest BCUT2D eigenvalue weighted by atomic mass is 10.1. The molecule has 4 nitrogen and oxygen atoms in total. The van der Waals surface area contributed by atoms with Gasteiger partial charge in [-0.15, -0.1) is 0 Å². The number of benzene rings is 2. The van der Waals surface area contributed by atoms with E-state index in [2.05, 4.69) is 22.8 Å². The van der Waals surface area contributed by atoms with Crippen LogP contribution in [-0.4, -0.2) is 29.5 Å². The van der Waals surface area contributed by atoms with Crippen molar-refractivity contribution in [3.8, 4) is 5.75 Å². The third kappa shape index (κ3) is 3.53. The molecule has 3 aromatic rings. The first-order valence-corrected chi connectivity index (χ1v) is 8.54. The van der Waals surface area contributed by atoms with Gasteiger partial charge in [0.05, 0.1) is 13.2 Å². The van der Waals surface area contributed by atoms with E-state index in [-0.39, 0.29) is 11.9 Å². The van der Waals surface area contributed by atoms with Crippen molar-refractivity contribution >= 4 is 16.8 Å². The largest absolute Gasteiger partial charge is 0.496 e. The van der Waals surface area contributed by atoms with Gasteiger partial charge in [0.1, 0.15) is 5.75 Å². The van der Waals surface area contributed by atoms with E-state index in [1.165, 1.54) is 5.39 Å². The Bertz CT molecular complexity index is 869.